The quantitative estimate of drug-likeness (QED) is 0.823. The first kappa shape index (κ1) is 16.9. The Labute approximate surface area is 146 Å². The maximum absolute atomic E-state index is 12.6. The van der Waals surface area contributed by atoms with Crippen molar-refractivity contribution in [2.75, 3.05) is 13.1 Å². The van der Waals surface area contributed by atoms with Gasteiger partial charge in [0.05, 0.1) is 11.2 Å². The molecular formula is C16H19ClN2O2S2. The summed E-state index contributed by atoms with van der Waals surface area (Å²) in [7, 11) is -3.37. The average Bonchev–Trinajstić information content (AvgIpc) is 2.98. The summed E-state index contributed by atoms with van der Waals surface area (Å²) >= 11 is 7.15. The first-order valence-corrected chi connectivity index (χ1v) is 10.3. The predicted molar refractivity (Wildman–Crippen MR) is 93.5 cm³/mol. The highest BCUT2D eigenvalue weighted by molar-refractivity contribution is 7.91. The second-order valence-corrected chi connectivity index (χ2v) is 9.71. The smallest absolute Gasteiger partial charge is 0.249 e. The summed E-state index contributed by atoms with van der Waals surface area (Å²) in [5.41, 5.74) is 1.26. The fourth-order valence-corrected chi connectivity index (χ4v) is 5.76. The van der Waals surface area contributed by atoms with E-state index < -0.39 is 10.0 Å². The molecule has 4 nitrogen and oxygen atoms in total. The summed E-state index contributed by atoms with van der Waals surface area (Å²) < 4.78 is 27.1. The highest BCUT2D eigenvalue weighted by Gasteiger charge is 2.30. The molecule has 0 bridgehead atoms. The van der Waals surface area contributed by atoms with Gasteiger partial charge in [-0.15, -0.1) is 11.3 Å². The van der Waals surface area contributed by atoms with E-state index in [0.717, 1.165) is 29.3 Å². The number of hydrogen-bond acceptors (Lipinski definition) is 4. The van der Waals surface area contributed by atoms with Gasteiger partial charge in [0.2, 0.25) is 0 Å². The fraction of sp³-hybridized carbons (Fsp3) is 0.438. The third kappa shape index (κ3) is 3.94. The molecule has 0 spiro atoms. The summed E-state index contributed by atoms with van der Waals surface area (Å²) in [5.74, 6) is 0.519. The molecule has 1 fully saturated rings. The van der Waals surface area contributed by atoms with Crippen LogP contribution in [0.5, 0.6) is 0 Å². The standard InChI is InChI=1S/C16H19ClN2O2S2/c1-12-18-11-16(22-12)23(20,21)19-8-6-14(7-9-19)10-13-2-4-15(17)5-3-13/h2-5,11,14H,6-10H2,1H3. The lowest BCUT2D eigenvalue weighted by atomic mass is 9.91. The van der Waals surface area contributed by atoms with Gasteiger partial charge in [0.1, 0.15) is 0 Å². The van der Waals surface area contributed by atoms with E-state index in [1.165, 1.54) is 23.1 Å². The number of benzene rings is 1. The van der Waals surface area contributed by atoms with Gasteiger partial charge in [0, 0.05) is 18.1 Å². The van der Waals surface area contributed by atoms with Crippen LogP contribution in [-0.4, -0.2) is 30.8 Å². The average molecular weight is 371 g/mol. The van der Waals surface area contributed by atoms with Crippen LogP contribution in [-0.2, 0) is 16.4 Å². The minimum atomic E-state index is -3.37. The number of aromatic nitrogens is 1. The molecule has 1 aliphatic rings. The Morgan fingerprint density at radius 1 is 1.26 bits per heavy atom. The van der Waals surface area contributed by atoms with Crippen molar-refractivity contribution in [3.05, 3.63) is 46.1 Å². The van der Waals surface area contributed by atoms with E-state index >= 15 is 0 Å². The van der Waals surface area contributed by atoms with E-state index in [4.69, 9.17) is 11.6 Å². The van der Waals surface area contributed by atoms with Crippen LogP contribution >= 0.6 is 22.9 Å². The van der Waals surface area contributed by atoms with Crippen molar-refractivity contribution >= 4 is 33.0 Å². The Hall–Kier alpha value is -0.950. The van der Waals surface area contributed by atoms with Crippen molar-refractivity contribution in [2.45, 2.75) is 30.4 Å². The fourth-order valence-electron chi connectivity index (χ4n) is 2.90. The summed E-state index contributed by atoms with van der Waals surface area (Å²) in [5, 5.41) is 1.52. The number of sulfonamides is 1. The molecule has 0 amide bonds. The molecule has 0 saturated carbocycles. The molecule has 0 unspecified atom stereocenters. The number of thiazole rings is 1. The molecule has 7 heteroatoms. The van der Waals surface area contributed by atoms with Crippen LogP contribution in [0.3, 0.4) is 0 Å². The molecular weight excluding hydrogens is 352 g/mol. The Morgan fingerprint density at radius 2 is 1.91 bits per heavy atom. The number of aryl methyl sites for hydroxylation is 1. The van der Waals surface area contributed by atoms with E-state index in [2.05, 4.69) is 4.98 Å². The molecule has 0 N–H and O–H groups in total. The maximum Gasteiger partial charge on any atom is 0.254 e. The van der Waals surface area contributed by atoms with Crippen LogP contribution in [0.25, 0.3) is 0 Å². The molecule has 1 aromatic carbocycles. The third-order valence-electron chi connectivity index (χ3n) is 4.21. The molecule has 124 valence electrons. The Kier molecular flexibility index (Phi) is 5.06. The van der Waals surface area contributed by atoms with Crippen molar-refractivity contribution < 1.29 is 8.42 Å². The van der Waals surface area contributed by atoms with Gasteiger partial charge in [-0.1, -0.05) is 23.7 Å². The summed E-state index contributed by atoms with van der Waals surface area (Å²) in [6, 6.07) is 7.91. The predicted octanol–water partition coefficient (Wildman–Crippen LogP) is 3.75. The van der Waals surface area contributed by atoms with E-state index in [1.807, 2.05) is 31.2 Å². The molecule has 2 heterocycles. The van der Waals surface area contributed by atoms with Gasteiger partial charge in [-0.3, -0.25) is 0 Å². The lowest BCUT2D eigenvalue weighted by molar-refractivity contribution is 0.273. The van der Waals surface area contributed by atoms with Crippen molar-refractivity contribution in [3.63, 3.8) is 0 Å². The van der Waals surface area contributed by atoms with E-state index in [1.54, 1.807) is 4.31 Å². The van der Waals surface area contributed by atoms with Crippen LogP contribution in [0.15, 0.2) is 34.7 Å². The van der Waals surface area contributed by atoms with Gasteiger partial charge in [0.15, 0.2) is 4.21 Å². The van der Waals surface area contributed by atoms with Crippen molar-refractivity contribution in [2.24, 2.45) is 5.92 Å². The maximum atomic E-state index is 12.6. The van der Waals surface area contributed by atoms with Crippen LogP contribution in [0, 0.1) is 12.8 Å². The Morgan fingerprint density at radius 3 is 2.48 bits per heavy atom. The largest absolute Gasteiger partial charge is 0.254 e. The van der Waals surface area contributed by atoms with Crippen molar-refractivity contribution in [1.29, 1.82) is 0 Å². The first-order chi connectivity index (χ1) is 10.9. The van der Waals surface area contributed by atoms with Crippen LogP contribution in [0.2, 0.25) is 5.02 Å². The molecule has 23 heavy (non-hydrogen) atoms. The topological polar surface area (TPSA) is 50.3 Å². The summed E-state index contributed by atoms with van der Waals surface area (Å²) in [4.78, 5) is 4.06. The van der Waals surface area contributed by atoms with E-state index in [-0.39, 0.29) is 0 Å². The molecule has 1 saturated heterocycles. The molecule has 1 aliphatic heterocycles. The lowest BCUT2D eigenvalue weighted by Crippen LogP contribution is -2.38. The molecule has 2 aromatic rings. The molecule has 0 radical (unpaired) electrons. The third-order valence-corrected chi connectivity index (χ3v) is 7.71. The van der Waals surface area contributed by atoms with Gasteiger partial charge in [-0.25, -0.2) is 13.4 Å². The Balaban J connectivity index is 1.61. The first-order valence-electron chi connectivity index (χ1n) is 7.62. The van der Waals surface area contributed by atoms with Crippen LogP contribution in [0.1, 0.15) is 23.4 Å². The van der Waals surface area contributed by atoms with Crippen LogP contribution < -0.4 is 0 Å². The van der Waals surface area contributed by atoms with Crippen molar-refractivity contribution in [3.8, 4) is 0 Å². The molecule has 3 rings (SSSR count). The number of nitrogens with zero attached hydrogens (tertiary/aromatic N) is 2. The van der Waals surface area contributed by atoms with Gasteiger partial charge in [-0.05, 0) is 49.8 Å². The monoisotopic (exact) mass is 370 g/mol. The van der Waals surface area contributed by atoms with Crippen molar-refractivity contribution in [1.82, 2.24) is 9.29 Å². The van der Waals surface area contributed by atoms with Crippen LogP contribution in [0.4, 0.5) is 0 Å². The van der Waals surface area contributed by atoms with Gasteiger partial charge in [-0.2, -0.15) is 4.31 Å². The minimum absolute atomic E-state index is 0.353. The Bertz CT molecular complexity index is 764. The number of hydrogen-bond donors (Lipinski definition) is 0. The molecule has 1 aromatic heterocycles. The normalized spacial score (nSPS) is 17.5. The number of rotatable bonds is 4. The SMILES string of the molecule is Cc1ncc(S(=O)(=O)N2CCC(Cc3ccc(Cl)cc3)CC2)s1. The number of halogens is 1. The van der Waals surface area contributed by atoms with Gasteiger partial charge >= 0.3 is 0 Å². The zero-order chi connectivity index (χ0) is 16.4. The number of piperidine rings is 1. The molecule has 0 aliphatic carbocycles. The second-order valence-electron chi connectivity index (χ2n) is 5.88. The summed E-state index contributed by atoms with van der Waals surface area (Å²) in [6.45, 7) is 2.98. The zero-order valence-electron chi connectivity index (χ0n) is 12.9. The summed E-state index contributed by atoms with van der Waals surface area (Å²) in [6.07, 6.45) is 4.22. The van der Waals surface area contributed by atoms with Gasteiger partial charge in [0.25, 0.3) is 10.0 Å². The second kappa shape index (κ2) is 6.89. The zero-order valence-corrected chi connectivity index (χ0v) is 15.3. The molecule has 0 atom stereocenters. The van der Waals surface area contributed by atoms with Gasteiger partial charge < -0.3 is 0 Å². The highest BCUT2D eigenvalue weighted by atomic mass is 35.5. The van der Waals surface area contributed by atoms with E-state index in [9.17, 15) is 8.42 Å². The van der Waals surface area contributed by atoms with E-state index in [0.29, 0.717) is 23.2 Å². The minimum Gasteiger partial charge on any atom is -0.249 e. The lowest BCUT2D eigenvalue weighted by Gasteiger charge is -2.30. The highest BCUT2D eigenvalue weighted by Crippen LogP contribution is 2.28.